The lowest BCUT2D eigenvalue weighted by Gasteiger charge is -2.09. The van der Waals surface area contributed by atoms with Gasteiger partial charge in [-0.15, -0.1) is 0 Å². The second kappa shape index (κ2) is 4.19. The van der Waals surface area contributed by atoms with Gasteiger partial charge in [0.2, 0.25) is 0 Å². The number of anilines is 1. The number of aromatic nitrogens is 2. The van der Waals surface area contributed by atoms with Gasteiger partial charge in [-0.25, -0.2) is 4.98 Å². The lowest BCUT2D eigenvalue weighted by molar-refractivity contribution is 0.100. The minimum absolute atomic E-state index is 0.0214. The van der Waals surface area contributed by atoms with Crippen LogP contribution in [-0.4, -0.2) is 34.1 Å². The smallest absolute Gasteiger partial charge is 0.252 e. The molecule has 2 rings (SSSR count). The number of aromatic amines is 1. The first-order valence-corrected chi connectivity index (χ1v) is 4.84. The van der Waals surface area contributed by atoms with Gasteiger partial charge in [-0.3, -0.25) is 4.79 Å². The molecule has 5 N–H and O–H groups in total. The van der Waals surface area contributed by atoms with E-state index in [1.165, 1.54) is 6.20 Å². The van der Waals surface area contributed by atoms with Gasteiger partial charge in [0, 0.05) is 24.3 Å². The Morgan fingerprint density at radius 2 is 2.44 bits per heavy atom. The van der Waals surface area contributed by atoms with Gasteiger partial charge in [-0.05, 0) is 6.07 Å². The second-order valence-electron chi connectivity index (χ2n) is 3.30. The van der Waals surface area contributed by atoms with Gasteiger partial charge in [-0.2, -0.15) is 0 Å². The first-order chi connectivity index (χ1) is 7.74. The Labute approximate surface area is 91.5 Å². The van der Waals surface area contributed by atoms with Crippen LogP contribution in [-0.2, 0) is 0 Å². The van der Waals surface area contributed by atoms with Crippen LogP contribution in [0.4, 0.5) is 5.69 Å². The number of hydrogen-bond donors (Lipinski definition) is 4. The van der Waals surface area contributed by atoms with Crippen LogP contribution in [0, 0.1) is 0 Å². The van der Waals surface area contributed by atoms with E-state index in [1.807, 2.05) is 0 Å². The van der Waals surface area contributed by atoms with Crippen molar-refractivity contribution in [2.24, 2.45) is 5.73 Å². The van der Waals surface area contributed by atoms with E-state index in [0.717, 1.165) is 5.39 Å². The summed E-state index contributed by atoms with van der Waals surface area (Å²) in [6.45, 7) is 0.330. The summed E-state index contributed by atoms with van der Waals surface area (Å²) in [5.74, 6) is -0.545. The molecule has 16 heavy (non-hydrogen) atoms. The Hall–Kier alpha value is -2.08. The number of fused-ring (bicyclic) bond motifs is 1. The normalized spacial score (nSPS) is 10.6. The summed E-state index contributed by atoms with van der Waals surface area (Å²) >= 11 is 0. The topological polar surface area (TPSA) is 104 Å². The van der Waals surface area contributed by atoms with E-state index in [-0.39, 0.29) is 6.61 Å². The lowest BCUT2D eigenvalue weighted by atomic mass is 10.1. The quantitative estimate of drug-likeness (QED) is 0.585. The SMILES string of the molecule is NC(=O)c1cnc2[nH]ccc2c1NCCO. The molecule has 2 heterocycles. The van der Waals surface area contributed by atoms with E-state index in [1.54, 1.807) is 12.3 Å². The van der Waals surface area contributed by atoms with Crippen molar-refractivity contribution in [1.29, 1.82) is 0 Å². The molecule has 2 aromatic heterocycles. The van der Waals surface area contributed by atoms with Crippen LogP contribution in [0.1, 0.15) is 10.4 Å². The maximum absolute atomic E-state index is 11.2. The molecular formula is C10H12N4O2. The molecule has 0 aliphatic rings. The zero-order chi connectivity index (χ0) is 11.5. The molecule has 2 aromatic rings. The Balaban J connectivity index is 2.56. The monoisotopic (exact) mass is 220 g/mol. The summed E-state index contributed by atoms with van der Waals surface area (Å²) in [6, 6.07) is 1.80. The van der Waals surface area contributed by atoms with Gasteiger partial charge >= 0.3 is 0 Å². The molecule has 1 amide bonds. The molecule has 0 aliphatic heterocycles. The van der Waals surface area contributed by atoms with Crippen molar-refractivity contribution >= 4 is 22.6 Å². The predicted octanol–water partition coefficient (Wildman–Crippen LogP) is 0.0660. The standard InChI is InChI=1S/C10H12N4O2/c11-9(16)7-5-14-10-6(1-2-13-10)8(7)12-3-4-15/h1-2,5,15H,3-4H2,(H2,11,16)(H2,12,13,14). The van der Waals surface area contributed by atoms with Crippen molar-refractivity contribution < 1.29 is 9.90 Å². The third-order valence-electron chi connectivity index (χ3n) is 2.27. The first kappa shape index (κ1) is 10.4. The van der Waals surface area contributed by atoms with Crippen LogP contribution < -0.4 is 11.1 Å². The van der Waals surface area contributed by atoms with Gasteiger partial charge in [0.25, 0.3) is 5.91 Å². The fourth-order valence-electron chi connectivity index (χ4n) is 1.57. The molecular weight excluding hydrogens is 208 g/mol. The number of aliphatic hydroxyl groups excluding tert-OH is 1. The van der Waals surface area contributed by atoms with Crippen molar-refractivity contribution in [1.82, 2.24) is 9.97 Å². The van der Waals surface area contributed by atoms with Crippen LogP contribution >= 0.6 is 0 Å². The van der Waals surface area contributed by atoms with Crippen LogP contribution in [0.2, 0.25) is 0 Å². The average Bonchev–Trinajstić information content (AvgIpc) is 2.73. The fourth-order valence-corrected chi connectivity index (χ4v) is 1.57. The second-order valence-corrected chi connectivity index (χ2v) is 3.30. The van der Waals surface area contributed by atoms with Crippen molar-refractivity contribution in [3.63, 3.8) is 0 Å². The van der Waals surface area contributed by atoms with Crippen LogP contribution in [0.5, 0.6) is 0 Å². The summed E-state index contributed by atoms with van der Waals surface area (Å²) < 4.78 is 0. The lowest BCUT2D eigenvalue weighted by Crippen LogP contribution is -2.16. The van der Waals surface area contributed by atoms with E-state index in [2.05, 4.69) is 15.3 Å². The summed E-state index contributed by atoms with van der Waals surface area (Å²) in [5.41, 5.74) is 6.85. The Bertz CT molecular complexity index is 521. The van der Waals surface area contributed by atoms with Gasteiger partial charge in [0.1, 0.15) is 5.65 Å². The molecule has 0 bridgehead atoms. The van der Waals surface area contributed by atoms with Gasteiger partial charge in [0.05, 0.1) is 17.9 Å². The third kappa shape index (κ3) is 1.70. The van der Waals surface area contributed by atoms with Gasteiger partial charge < -0.3 is 21.1 Å². The summed E-state index contributed by atoms with van der Waals surface area (Å²) in [4.78, 5) is 18.2. The third-order valence-corrected chi connectivity index (χ3v) is 2.27. The Kier molecular flexibility index (Phi) is 2.74. The average molecular weight is 220 g/mol. The molecule has 0 fully saturated rings. The first-order valence-electron chi connectivity index (χ1n) is 4.84. The van der Waals surface area contributed by atoms with Gasteiger partial charge in [-0.1, -0.05) is 0 Å². The summed E-state index contributed by atoms with van der Waals surface area (Å²) in [6.07, 6.45) is 3.15. The van der Waals surface area contributed by atoms with Crippen molar-refractivity contribution in [3.8, 4) is 0 Å². The highest BCUT2D eigenvalue weighted by Crippen LogP contribution is 2.24. The number of carbonyl (C=O) groups is 1. The minimum atomic E-state index is -0.545. The van der Waals surface area contributed by atoms with Crippen LogP contribution in [0.3, 0.4) is 0 Å². The molecule has 0 saturated heterocycles. The van der Waals surface area contributed by atoms with E-state index in [4.69, 9.17) is 10.8 Å². The molecule has 0 spiro atoms. The van der Waals surface area contributed by atoms with Crippen molar-refractivity contribution in [3.05, 3.63) is 24.0 Å². The number of rotatable bonds is 4. The Morgan fingerprint density at radius 3 is 3.12 bits per heavy atom. The maximum Gasteiger partial charge on any atom is 0.252 e. The number of aliphatic hydroxyl groups is 1. The number of H-pyrrole nitrogens is 1. The summed E-state index contributed by atoms with van der Waals surface area (Å²) in [5, 5.41) is 12.5. The molecule has 0 radical (unpaired) electrons. The number of pyridine rings is 1. The molecule has 0 saturated carbocycles. The molecule has 0 aliphatic carbocycles. The maximum atomic E-state index is 11.2. The van der Waals surface area contributed by atoms with E-state index >= 15 is 0 Å². The molecule has 0 unspecified atom stereocenters. The van der Waals surface area contributed by atoms with Gasteiger partial charge in [0.15, 0.2) is 0 Å². The number of hydrogen-bond acceptors (Lipinski definition) is 4. The number of nitrogens with two attached hydrogens (primary N) is 1. The van der Waals surface area contributed by atoms with E-state index < -0.39 is 5.91 Å². The number of primary amides is 1. The number of carbonyl (C=O) groups excluding carboxylic acids is 1. The zero-order valence-electron chi connectivity index (χ0n) is 8.53. The van der Waals surface area contributed by atoms with E-state index in [0.29, 0.717) is 23.4 Å². The minimum Gasteiger partial charge on any atom is -0.395 e. The number of amides is 1. The van der Waals surface area contributed by atoms with Crippen LogP contribution in [0.15, 0.2) is 18.5 Å². The zero-order valence-corrected chi connectivity index (χ0v) is 8.53. The highest BCUT2D eigenvalue weighted by Gasteiger charge is 2.12. The number of nitrogens with zero attached hydrogens (tertiary/aromatic N) is 1. The molecule has 0 aromatic carbocycles. The fraction of sp³-hybridized carbons (Fsp3) is 0.200. The highest BCUT2D eigenvalue weighted by atomic mass is 16.3. The Morgan fingerprint density at radius 1 is 1.62 bits per heavy atom. The van der Waals surface area contributed by atoms with E-state index in [9.17, 15) is 4.79 Å². The summed E-state index contributed by atoms with van der Waals surface area (Å²) in [7, 11) is 0. The molecule has 84 valence electrons. The molecule has 6 nitrogen and oxygen atoms in total. The highest BCUT2D eigenvalue weighted by molar-refractivity contribution is 6.05. The van der Waals surface area contributed by atoms with Crippen molar-refractivity contribution in [2.45, 2.75) is 0 Å². The largest absolute Gasteiger partial charge is 0.395 e. The van der Waals surface area contributed by atoms with Crippen molar-refractivity contribution in [2.75, 3.05) is 18.5 Å². The molecule has 0 atom stereocenters. The predicted molar refractivity (Wildman–Crippen MR) is 60.2 cm³/mol. The number of nitrogens with one attached hydrogen (secondary N) is 2. The molecule has 6 heteroatoms. The van der Waals surface area contributed by atoms with Crippen LogP contribution in [0.25, 0.3) is 11.0 Å².